The van der Waals surface area contributed by atoms with E-state index in [9.17, 15) is 0 Å². The molecular formula is C31H34N2O2P2. The summed E-state index contributed by atoms with van der Waals surface area (Å²) in [6.07, 6.45) is 0. The molecular weight excluding hydrogens is 494 g/mol. The Labute approximate surface area is 225 Å². The molecule has 190 valence electrons. The first-order valence-electron chi connectivity index (χ1n) is 10.8. The summed E-state index contributed by atoms with van der Waals surface area (Å²) in [5.41, 5.74) is 5.49. The van der Waals surface area contributed by atoms with E-state index in [-0.39, 0.29) is 21.6 Å². The summed E-state index contributed by atoms with van der Waals surface area (Å²) in [7, 11) is 3.02. The van der Waals surface area contributed by atoms with Crippen molar-refractivity contribution < 1.29 is 9.47 Å². The molecule has 4 aromatic rings. The molecule has 0 fully saturated rings. The summed E-state index contributed by atoms with van der Waals surface area (Å²) in [6, 6.07) is 32.6. The second kappa shape index (κ2) is 16.1. The number of nitrogens with zero attached hydrogens (tertiary/aromatic N) is 2. The van der Waals surface area contributed by atoms with Gasteiger partial charge in [0.2, 0.25) is 6.79 Å². The van der Waals surface area contributed by atoms with Crippen LogP contribution in [-0.4, -0.2) is 20.1 Å². The Kier molecular flexibility index (Phi) is 13.7. The molecule has 0 heterocycles. The molecule has 6 heteroatoms. The number of nitriles is 1. The van der Waals surface area contributed by atoms with Crippen LogP contribution in [0.5, 0.6) is 11.5 Å². The van der Waals surface area contributed by atoms with Crippen LogP contribution in [0.4, 0.5) is 5.69 Å². The van der Waals surface area contributed by atoms with Crippen LogP contribution in [0.1, 0.15) is 20.4 Å². The first kappa shape index (κ1) is 31.4. The zero-order chi connectivity index (χ0) is 25.0. The predicted octanol–water partition coefficient (Wildman–Crippen LogP) is 9.65. The lowest BCUT2D eigenvalue weighted by Gasteiger charge is -2.10. The molecule has 4 rings (SSSR count). The Hall–Kier alpha value is -3.68. The van der Waals surface area contributed by atoms with Gasteiger partial charge in [0.15, 0.2) is 5.69 Å². The zero-order valence-electron chi connectivity index (χ0n) is 19.7. The average Bonchev–Trinajstić information content (AvgIpc) is 2.89. The van der Waals surface area contributed by atoms with Crippen LogP contribution in [0.2, 0.25) is 0 Å². The minimum atomic E-state index is 0. The molecule has 0 bridgehead atoms. The van der Waals surface area contributed by atoms with Crippen LogP contribution >= 0.6 is 16.5 Å². The third-order valence-corrected chi connectivity index (χ3v) is 4.84. The van der Waals surface area contributed by atoms with Gasteiger partial charge in [-0.3, -0.25) is 0 Å². The van der Waals surface area contributed by atoms with Crippen LogP contribution in [0.25, 0.3) is 27.1 Å². The lowest BCUT2D eigenvalue weighted by Crippen LogP contribution is -2.05. The summed E-state index contributed by atoms with van der Waals surface area (Å²) in [6.45, 7) is 11.5. The van der Waals surface area contributed by atoms with Gasteiger partial charge in [0.25, 0.3) is 0 Å². The predicted molar refractivity (Wildman–Crippen MR) is 163 cm³/mol. The number of ether oxygens (including phenoxy) is 2. The maximum absolute atomic E-state index is 8.90. The van der Waals surface area contributed by atoms with Gasteiger partial charge < -0.3 is 9.47 Å². The Morgan fingerprint density at radius 2 is 1.03 bits per heavy atom. The van der Waals surface area contributed by atoms with E-state index in [4.69, 9.17) is 21.3 Å². The monoisotopic (exact) mass is 528 g/mol. The van der Waals surface area contributed by atoms with E-state index in [1.54, 1.807) is 12.1 Å². The maximum atomic E-state index is 8.90. The maximum Gasteiger partial charge on any atom is 0.230 e. The molecule has 0 aromatic heterocycles. The van der Waals surface area contributed by atoms with Crippen molar-refractivity contribution in [3.63, 3.8) is 0 Å². The first-order valence-corrected chi connectivity index (χ1v) is 14.7. The van der Waals surface area contributed by atoms with Gasteiger partial charge in [-0.25, -0.2) is 4.85 Å². The van der Waals surface area contributed by atoms with Crippen molar-refractivity contribution in [1.29, 1.82) is 5.26 Å². The van der Waals surface area contributed by atoms with Crippen molar-refractivity contribution >= 4 is 22.2 Å². The third kappa shape index (κ3) is 10.1. The van der Waals surface area contributed by atoms with Gasteiger partial charge in [0.1, 0.15) is 11.5 Å². The highest BCUT2D eigenvalue weighted by Gasteiger charge is 2.02. The Bertz CT molecular complexity index is 1180. The standard InChI is InChI=1S/C27H18N2O2.C2H8P2.2CH4/c1-29-25-12-6-22(7-13-25)24-10-16-27(17-11-24)31-19-30-26-14-8-23(9-15-26)21-4-2-20(18-28)3-5-21;1-4(2)3;;/h2-17H,19H2;3H2,1-2H3;2*1H4. The SMILES string of the molecule is C.C.CP(C)P.[C-]#[N+]c1ccc(-c2ccc(OCOc3ccc(-c4ccc(C#N)cc4)cc3)cc2)cc1. The van der Waals surface area contributed by atoms with Gasteiger partial charge in [0.05, 0.1) is 18.2 Å². The highest BCUT2D eigenvalue weighted by molar-refractivity contribution is 8.12. The number of hydrogen-bond acceptors (Lipinski definition) is 3. The fourth-order valence-electron chi connectivity index (χ4n) is 3.12. The Balaban J connectivity index is 0.00000107. The van der Waals surface area contributed by atoms with Gasteiger partial charge in [-0.1, -0.05) is 83.1 Å². The number of benzene rings is 4. The van der Waals surface area contributed by atoms with E-state index in [1.807, 2.05) is 84.9 Å². The largest absolute Gasteiger partial charge is 0.458 e. The van der Waals surface area contributed by atoms with Crippen LogP contribution in [0, 0.1) is 17.9 Å². The molecule has 0 amide bonds. The second-order valence-corrected chi connectivity index (χ2v) is 12.8. The topological polar surface area (TPSA) is 46.6 Å². The average molecular weight is 529 g/mol. The van der Waals surface area contributed by atoms with E-state index in [2.05, 4.69) is 33.2 Å². The van der Waals surface area contributed by atoms with Crippen molar-refractivity contribution in [2.24, 2.45) is 0 Å². The van der Waals surface area contributed by atoms with Gasteiger partial charge in [-0.2, -0.15) is 5.26 Å². The Morgan fingerprint density at radius 3 is 1.35 bits per heavy atom. The number of hydrogen-bond donors (Lipinski definition) is 0. The van der Waals surface area contributed by atoms with Crippen LogP contribution in [0.15, 0.2) is 97.1 Å². The first-order chi connectivity index (χ1) is 17.0. The molecule has 0 aliphatic heterocycles. The molecule has 37 heavy (non-hydrogen) atoms. The van der Waals surface area contributed by atoms with Crippen molar-refractivity contribution in [1.82, 2.24) is 0 Å². The normalized spacial score (nSPS) is 9.35. The molecule has 0 saturated carbocycles. The summed E-state index contributed by atoms with van der Waals surface area (Å²) in [5, 5.41) is 8.90. The molecule has 0 N–H and O–H groups in total. The quantitative estimate of drug-likeness (QED) is 0.142. The van der Waals surface area contributed by atoms with E-state index in [0.29, 0.717) is 24.6 Å². The van der Waals surface area contributed by atoms with Crippen LogP contribution in [-0.2, 0) is 0 Å². The number of rotatable bonds is 6. The van der Waals surface area contributed by atoms with Crippen molar-refractivity contribution in [2.45, 2.75) is 14.9 Å². The molecule has 1 atom stereocenters. The van der Waals surface area contributed by atoms with Crippen LogP contribution in [0.3, 0.4) is 0 Å². The highest BCUT2D eigenvalue weighted by atomic mass is 32.0. The van der Waals surface area contributed by atoms with Crippen molar-refractivity contribution in [3.8, 4) is 39.8 Å². The summed E-state index contributed by atoms with van der Waals surface area (Å²) in [4.78, 5) is 3.41. The van der Waals surface area contributed by atoms with E-state index in [1.165, 1.54) is 0 Å². The molecule has 0 radical (unpaired) electrons. The smallest absolute Gasteiger partial charge is 0.230 e. The second-order valence-electron chi connectivity index (χ2n) is 7.77. The molecule has 0 saturated heterocycles. The molecule has 0 aliphatic rings. The zero-order valence-corrected chi connectivity index (χ0v) is 21.7. The van der Waals surface area contributed by atoms with Crippen molar-refractivity contribution in [2.75, 3.05) is 20.1 Å². The summed E-state index contributed by atoms with van der Waals surface area (Å²) < 4.78 is 11.4. The van der Waals surface area contributed by atoms with Gasteiger partial charge in [0, 0.05) is 0 Å². The van der Waals surface area contributed by atoms with Gasteiger partial charge >= 0.3 is 0 Å². The minimum Gasteiger partial charge on any atom is -0.458 e. The minimum absolute atomic E-state index is 0. The van der Waals surface area contributed by atoms with Gasteiger partial charge in [-0.05, 0) is 72.0 Å². The highest BCUT2D eigenvalue weighted by Crippen LogP contribution is 2.33. The fraction of sp³-hybridized carbons (Fsp3) is 0.161. The summed E-state index contributed by atoms with van der Waals surface area (Å²) in [5.74, 6) is 1.43. The fourth-order valence-corrected chi connectivity index (χ4v) is 3.12. The third-order valence-electron chi connectivity index (χ3n) is 4.84. The van der Waals surface area contributed by atoms with Crippen molar-refractivity contribution in [3.05, 3.63) is 114 Å². The lowest BCUT2D eigenvalue weighted by molar-refractivity contribution is 0.120. The van der Waals surface area contributed by atoms with E-state index >= 15 is 0 Å². The summed E-state index contributed by atoms with van der Waals surface area (Å²) >= 11 is 0. The molecule has 1 unspecified atom stereocenters. The molecule has 0 spiro atoms. The molecule has 4 aromatic carbocycles. The Morgan fingerprint density at radius 1 is 0.703 bits per heavy atom. The van der Waals surface area contributed by atoms with Crippen LogP contribution < -0.4 is 9.47 Å². The van der Waals surface area contributed by atoms with Gasteiger partial charge in [-0.15, -0.1) is 8.93 Å². The van der Waals surface area contributed by atoms with E-state index < -0.39 is 0 Å². The molecule has 4 nitrogen and oxygen atoms in total. The van der Waals surface area contributed by atoms with E-state index in [0.717, 1.165) is 28.0 Å². The molecule has 0 aliphatic carbocycles. The lowest BCUT2D eigenvalue weighted by atomic mass is 10.0.